The molecule has 3 nitrogen and oxygen atoms in total. The van der Waals surface area contributed by atoms with Crippen LogP contribution in [-0.2, 0) is 0 Å². The monoisotopic (exact) mass is 235 g/mol. The number of hydrogen-bond acceptors (Lipinski definition) is 4. The minimum absolute atomic E-state index is 0.368. The quantitative estimate of drug-likeness (QED) is 0.586. The van der Waals surface area contributed by atoms with E-state index < -0.39 is 17.6 Å². The Morgan fingerprint density at radius 2 is 1.60 bits per heavy atom. The standard InChI is InChI=1S/C11H25NO2S/c1-7(2)5-6-9(13)10(14)11(12)15-8(3)4/h7-11,13-14H,5-6,12H2,1-4H3. The van der Waals surface area contributed by atoms with Crippen molar-refractivity contribution in [1.29, 1.82) is 0 Å². The van der Waals surface area contributed by atoms with E-state index in [1.54, 1.807) is 0 Å². The molecule has 0 aromatic carbocycles. The molecule has 0 heterocycles. The number of rotatable bonds is 7. The van der Waals surface area contributed by atoms with Gasteiger partial charge in [-0.15, -0.1) is 11.8 Å². The lowest BCUT2D eigenvalue weighted by Crippen LogP contribution is -2.41. The van der Waals surface area contributed by atoms with Crippen LogP contribution >= 0.6 is 11.8 Å². The van der Waals surface area contributed by atoms with Crippen LogP contribution in [0.1, 0.15) is 40.5 Å². The molecule has 0 fully saturated rings. The van der Waals surface area contributed by atoms with Crippen molar-refractivity contribution in [2.45, 2.75) is 63.4 Å². The fourth-order valence-electron chi connectivity index (χ4n) is 1.29. The Morgan fingerprint density at radius 3 is 2.00 bits per heavy atom. The molecule has 0 aliphatic heterocycles. The Kier molecular flexibility index (Phi) is 7.61. The lowest BCUT2D eigenvalue weighted by molar-refractivity contribution is 0.0116. The summed E-state index contributed by atoms with van der Waals surface area (Å²) in [6.45, 7) is 8.25. The summed E-state index contributed by atoms with van der Waals surface area (Å²) in [5.74, 6) is 0.542. The molecule has 0 radical (unpaired) electrons. The molecule has 4 N–H and O–H groups in total. The minimum Gasteiger partial charge on any atom is -0.390 e. The van der Waals surface area contributed by atoms with E-state index >= 15 is 0 Å². The molecule has 0 saturated heterocycles. The van der Waals surface area contributed by atoms with Gasteiger partial charge in [0.05, 0.1) is 11.5 Å². The highest BCUT2D eigenvalue weighted by Crippen LogP contribution is 2.20. The summed E-state index contributed by atoms with van der Waals surface area (Å²) < 4.78 is 0. The summed E-state index contributed by atoms with van der Waals surface area (Å²) in [5.41, 5.74) is 5.78. The van der Waals surface area contributed by atoms with Crippen LogP contribution in [0.15, 0.2) is 0 Å². The average Bonchev–Trinajstić information content (AvgIpc) is 2.11. The van der Waals surface area contributed by atoms with Gasteiger partial charge >= 0.3 is 0 Å². The van der Waals surface area contributed by atoms with Gasteiger partial charge in [0.2, 0.25) is 0 Å². The molecule has 3 atom stereocenters. The summed E-state index contributed by atoms with van der Waals surface area (Å²) in [6.07, 6.45) is 0.00691. The molecule has 4 heteroatoms. The number of aliphatic hydroxyl groups is 2. The second kappa shape index (κ2) is 7.49. The molecule has 0 saturated carbocycles. The molecule has 0 aromatic heterocycles. The van der Waals surface area contributed by atoms with Gasteiger partial charge in [0.1, 0.15) is 6.10 Å². The lowest BCUT2D eigenvalue weighted by Gasteiger charge is -2.25. The lowest BCUT2D eigenvalue weighted by atomic mass is 10.0. The molecule has 0 amide bonds. The van der Waals surface area contributed by atoms with Crippen LogP contribution in [0.4, 0.5) is 0 Å². The van der Waals surface area contributed by atoms with E-state index in [0.29, 0.717) is 17.6 Å². The number of hydrogen-bond donors (Lipinski definition) is 3. The Labute approximate surface area is 97.4 Å². The molecule has 0 bridgehead atoms. The first-order chi connectivity index (χ1) is 6.84. The molecule has 0 aromatic rings. The third-order valence-corrected chi connectivity index (χ3v) is 3.34. The minimum atomic E-state index is -0.823. The highest BCUT2D eigenvalue weighted by molar-refractivity contribution is 8.00. The Bertz CT molecular complexity index is 165. The maximum absolute atomic E-state index is 9.75. The van der Waals surface area contributed by atoms with Crippen molar-refractivity contribution >= 4 is 11.8 Å². The highest BCUT2D eigenvalue weighted by atomic mass is 32.2. The Hall–Kier alpha value is 0.230. The summed E-state index contributed by atoms with van der Waals surface area (Å²) in [6, 6.07) is 0. The van der Waals surface area contributed by atoms with E-state index in [9.17, 15) is 10.2 Å². The van der Waals surface area contributed by atoms with E-state index in [1.807, 2.05) is 13.8 Å². The van der Waals surface area contributed by atoms with Crippen LogP contribution in [0.3, 0.4) is 0 Å². The van der Waals surface area contributed by atoms with E-state index in [-0.39, 0.29) is 0 Å². The Balaban J connectivity index is 3.90. The predicted molar refractivity (Wildman–Crippen MR) is 66.8 cm³/mol. The van der Waals surface area contributed by atoms with Crippen LogP contribution in [-0.4, -0.2) is 33.0 Å². The first kappa shape index (κ1) is 15.2. The van der Waals surface area contributed by atoms with Crippen molar-refractivity contribution in [3.05, 3.63) is 0 Å². The van der Waals surface area contributed by atoms with Crippen LogP contribution < -0.4 is 5.73 Å². The molecule has 3 unspecified atom stereocenters. The summed E-state index contributed by atoms with van der Waals surface area (Å²) >= 11 is 1.49. The molecule has 0 spiro atoms. The third kappa shape index (κ3) is 7.17. The van der Waals surface area contributed by atoms with Gasteiger partial charge in [0.25, 0.3) is 0 Å². The van der Waals surface area contributed by atoms with Crippen LogP contribution in [0.5, 0.6) is 0 Å². The third-order valence-electron chi connectivity index (χ3n) is 2.20. The van der Waals surface area contributed by atoms with Crippen molar-refractivity contribution in [3.8, 4) is 0 Å². The topological polar surface area (TPSA) is 66.5 Å². The maximum Gasteiger partial charge on any atom is 0.104 e. The van der Waals surface area contributed by atoms with Crippen molar-refractivity contribution in [2.24, 2.45) is 11.7 Å². The van der Waals surface area contributed by atoms with Crippen molar-refractivity contribution in [2.75, 3.05) is 0 Å². The van der Waals surface area contributed by atoms with Gasteiger partial charge in [-0.25, -0.2) is 0 Å². The molecule has 0 rings (SSSR count). The molecule has 0 aliphatic carbocycles. The number of nitrogens with two attached hydrogens (primary N) is 1. The fraction of sp³-hybridized carbons (Fsp3) is 1.00. The van der Waals surface area contributed by atoms with Crippen LogP contribution in [0.2, 0.25) is 0 Å². The van der Waals surface area contributed by atoms with Gasteiger partial charge in [-0.05, 0) is 18.8 Å². The van der Waals surface area contributed by atoms with Gasteiger partial charge in [-0.3, -0.25) is 0 Å². The molecule has 92 valence electrons. The zero-order valence-corrected chi connectivity index (χ0v) is 11.0. The van der Waals surface area contributed by atoms with Gasteiger partial charge in [0.15, 0.2) is 0 Å². The first-order valence-corrected chi connectivity index (χ1v) is 6.56. The van der Waals surface area contributed by atoms with Crippen LogP contribution in [0.25, 0.3) is 0 Å². The van der Waals surface area contributed by atoms with Crippen LogP contribution in [0, 0.1) is 5.92 Å². The number of thioether (sulfide) groups is 1. The SMILES string of the molecule is CC(C)CCC(O)C(O)C(N)SC(C)C. The molecule has 0 aliphatic rings. The summed E-state index contributed by atoms with van der Waals surface area (Å²) in [5, 5.41) is 19.4. The first-order valence-electron chi connectivity index (χ1n) is 5.61. The normalized spacial score (nSPS) is 18.2. The maximum atomic E-state index is 9.75. The Morgan fingerprint density at radius 1 is 1.07 bits per heavy atom. The highest BCUT2D eigenvalue weighted by Gasteiger charge is 2.24. The van der Waals surface area contributed by atoms with Crippen molar-refractivity contribution < 1.29 is 10.2 Å². The molecule has 15 heavy (non-hydrogen) atoms. The zero-order valence-electron chi connectivity index (χ0n) is 10.2. The van der Waals surface area contributed by atoms with E-state index in [1.165, 1.54) is 11.8 Å². The average molecular weight is 235 g/mol. The predicted octanol–water partition coefficient (Wildman–Crippen LogP) is 1.57. The summed E-state index contributed by atoms with van der Waals surface area (Å²) in [4.78, 5) is 0. The van der Waals surface area contributed by atoms with Crippen molar-refractivity contribution in [1.82, 2.24) is 0 Å². The van der Waals surface area contributed by atoms with E-state index in [0.717, 1.165) is 6.42 Å². The fourth-order valence-corrected chi connectivity index (χ4v) is 2.26. The molecular formula is C11H25NO2S. The smallest absolute Gasteiger partial charge is 0.104 e. The largest absolute Gasteiger partial charge is 0.390 e. The van der Waals surface area contributed by atoms with Gasteiger partial charge in [-0.2, -0.15) is 0 Å². The zero-order chi connectivity index (χ0) is 12.0. The second-order valence-electron chi connectivity index (χ2n) is 4.68. The van der Waals surface area contributed by atoms with Gasteiger partial charge in [-0.1, -0.05) is 27.7 Å². The summed E-state index contributed by atoms with van der Waals surface area (Å²) in [7, 11) is 0. The second-order valence-corrected chi connectivity index (χ2v) is 6.44. The van der Waals surface area contributed by atoms with Crippen molar-refractivity contribution in [3.63, 3.8) is 0 Å². The van der Waals surface area contributed by atoms with Gasteiger partial charge in [0, 0.05) is 5.25 Å². The molecular weight excluding hydrogens is 210 g/mol. The van der Waals surface area contributed by atoms with Gasteiger partial charge < -0.3 is 15.9 Å². The van der Waals surface area contributed by atoms with E-state index in [2.05, 4.69) is 13.8 Å². The van der Waals surface area contributed by atoms with E-state index in [4.69, 9.17) is 5.73 Å². The number of aliphatic hydroxyl groups excluding tert-OH is 2.